The smallest absolute Gasteiger partial charge is 0.0547 e. The van der Waals surface area contributed by atoms with Gasteiger partial charge in [-0.2, -0.15) is 0 Å². The molecule has 4 aromatic heterocycles. The van der Waals surface area contributed by atoms with E-state index in [0.29, 0.717) is 0 Å². The Morgan fingerprint density at radius 3 is 1.03 bits per heavy atom. The Hall–Kier alpha value is -13.3. The first kappa shape index (κ1) is 61.4. The molecule has 0 radical (unpaired) electrons. The van der Waals surface area contributed by atoms with E-state index in [0.717, 1.165) is 11.4 Å². The highest BCUT2D eigenvalue weighted by molar-refractivity contribution is 6.15. The van der Waals surface area contributed by atoms with Crippen LogP contribution in [0.25, 0.3) is 177 Å². The van der Waals surface area contributed by atoms with Gasteiger partial charge in [-0.25, -0.2) is 0 Å². The van der Waals surface area contributed by atoms with E-state index in [1.165, 1.54) is 188 Å². The van der Waals surface area contributed by atoms with Crippen molar-refractivity contribution in [2.24, 2.45) is 0 Å². The summed E-state index contributed by atoms with van der Waals surface area (Å²) in [4.78, 5) is 0. The maximum Gasteiger partial charge on any atom is 0.0547 e. The standard InChI is InChI=1S/2C51H36N2/c1-51(2)43-18-9-6-17-41(43)50-44(51)19-12-22-48(50)53-46-21-11-8-16-39(46)42-31-35(26-30-47(42)53)36-25-29-40-38-15-7-10-20-45(38)52(49(40)32-36)37-27-23-34(24-28-37)33-13-4-3-5-14-33;1-51(2)45-17-9-6-14-39(45)40-28-26-38(32-46(40)51)53-48-19-11-8-16-42(48)44-30-35(23-29-49(44)53)36-22-27-43-41-15-7-10-18-47(41)52(50(43)31-36)37-24-20-34(21-25-37)33-12-4-3-5-13-33/h2*3-32H,1-2H3. The first-order valence-corrected chi connectivity index (χ1v) is 37.0. The highest BCUT2D eigenvalue weighted by Gasteiger charge is 2.38. The summed E-state index contributed by atoms with van der Waals surface area (Å²) in [5, 5.41) is 10.1. The fourth-order valence-corrected chi connectivity index (χ4v) is 18.3. The second-order valence-corrected chi connectivity index (χ2v) is 29.9. The fraction of sp³-hybridized carbons (Fsp3) is 0.0588. The van der Waals surface area contributed by atoms with Crippen LogP contribution in [0, 0.1) is 0 Å². The van der Waals surface area contributed by atoms with Gasteiger partial charge in [-0.3, -0.25) is 0 Å². The fourth-order valence-electron chi connectivity index (χ4n) is 18.3. The predicted octanol–water partition coefficient (Wildman–Crippen LogP) is 27.0. The highest BCUT2D eigenvalue weighted by atomic mass is 15.0. The summed E-state index contributed by atoms with van der Waals surface area (Å²) in [5.41, 5.74) is 35.1. The largest absolute Gasteiger partial charge is 0.309 e. The minimum absolute atomic E-state index is 0.0566. The van der Waals surface area contributed by atoms with Crippen LogP contribution in [0.15, 0.2) is 364 Å². The second-order valence-electron chi connectivity index (χ2n) is 29.9. The van der Waals surface area contributed by atoms with Crippen LogP contribution in [0.2, 0.25) is 0 Å². The van der Waals surface area contributed by atoms with E-state index in [2.05, 4.69) is 410 Å². The zero-order valence-electron chi connectivity index (χ0n) is 59.4. The Bertz CT molecular complexity index is 6970. The summed E-state index contributed by atoms with van der Waals surface area (Å²) in [6.45, 7) is 9.43. The average Bonchev–Trinajstić information content (AvgIpc) is 1.56. The van der Waals surface area contributed by atoms with E-state index in [4.69, 9.17) is 0 Å². The Balaban J connectivity index is 0.000000136. The number of aromatic nitrogens is 4. The van der Waals surface area contributed by atoms with E-state index in [1.54, 1.807) is 0 Å². The van der Waals surface area contributed by atoms with Crippen LogP contribution in [0.5, 0.6) is 0 Å². The lowest BCUT2D eigenvalue weighted by Crippen LogP contribution is -2.15. The number of hydrogen-bond donors (Lipinski definition) is 0. The van der Waals surface area contributed by atoms with E-state index in [9.17, 15) is 0 Å². The molecule has 4 heterocycles. The molecule has 0 saturated carbocycles. The maximum absolute atomic E-state index is 2.49. The molecule has 0 amide bonds. The van der Waals surface area contributed by atoms with Crippen molar-refractivity contribution in [3.63, 3.8) is 0 Å². The van der Waals surface area contributed by atoms with Crippen LogP contribution in [-0.2, 0) is 10.8 Å². The predicted molar refractivity (Wildman–Crippen MR) is 447 cm³/mol. The van der Waals surface area contributed by atoms with E-state index >= 15 is 0 Å². The first-order valence-electron chi connectivity index (χ1n) is 37.0. The van der Waals surface area contributed by atoms with Crippen LogP contribution in [0.1, 0.15) is 49.9 Å². The van der Waals surface area contributed by atoms with Crippen LogP contribution >= 0.6 is 0 Å². The second kappa shape index (κ2) is 23.6. The summed E-state index contributed by atoms with van der Waals surface area (Å²) in [6.07, 6.45) is 0. The van der Waals surface area contributed by atoms with Gasteiger partial charge in [0, 0.05) is 76.5 Å². The molecule has 2 aliphatic carbocycles. The summed E-state index contributed by atoms with van der Waals surface area (Å²) >= 11 is 0. The molecule has 0 bridgehead atoms. The number of hydrogen-bond acceptors (Lipinski definition) is 0. The van der Waals surface area contributed by atoms with Crippen molar-refractivity contribution in [1.82, 2.24) is 18.3 Å². The van der Waals surface area contributed by atoms with Gasteiger partial charge in [-0.05, 0) is 187 Å². The zero-order valence-corrected chi connectivity index (χ0v) is 59.4. The first-order chi connectivity index (χ1) is 52.1. The van der Waals surface area contributed by atoms with Crippen molar-refractivity contribution in [3.8, 4) is 89.5 Å². The molecule has 0 atom stereocenters. The van der Waals surface area contributed by atoms with Gasteiger partial charge in [0.25, 0.3) is 0 Å². The molecule has 0 fully saturated rings. The summed E-state index contributed by atoms with van der Waals surface area (Å²) in [5.74, 6) is 0. The average molecular weight is 1350 g/mol. The third kappa shape index (κ3) is 9.33. The summed E-state index contributed by atoms with van der Waals surface area (Å²) in [6, 6.07) is 134. The van der Waals surface area contributed by atoms with Gasteiger partial charge >= 0.3 is 0 Å². The number of nitrogens with zero attached hydrogens (tertiary/aromatic N) is 4. The van der Waals surface area contributed by atoms with Gasteiger partial charge < -0.3 is 18.3 Å². The molecule has 0 aliphatic heterocycles. The Morgan fingerprint density at radius 2 is 0.509 bits per heavy atom. The Labute approximate surface area is 615 Å². The molecule has 0 N–H and O–H groups in total. The molecule has 22 rings (SSSR count). The Kier molecular flexibility index (Phi) is 13.7. The normalized spacial score (nSPS) is 13.2. The van der Waals surface area contributed by atoms with Gasteiger partial charge in [-0.15, -0.1) is 0 Å². The number of fused-ring (bicyclic) bond motifs is 18. The topological polar surface area (TPSA) is 19.7 Å². The molecule has 500 valence electrons. The SMILES string of the molecule is CC1(C)c2ccccc2-c2c(-n3c4ccccc4c4cc(-c5ccc6c7ccccc7n(-c7ccc(-c8ccccc8)cc7)c6c5)ccc43)cccc21.CC1(C)c2ccccc2-c2ccc(-n3c4ccccc4c4cc(-c5ccc6c7ccccc7n(-c7ccc(-c8ccccc8)cc7)c6c5)ccc43)cc21. The molecule has 2 aliphatic rings. The molecule has 16 aromatic carbocycles. The van der Waals surface area contributed by atoms with Gasteiger partial charge in [0.1, 0.15) is 0 Å². The molecule has 4 heteroatoms. The molecule has 106 heavy (non-hydrogen) atoms. The van der Waals surface area contributed by atoms with Gasteiger partial charge in [0.15, 0.2) is 0 Å². The van der Waals surface area contributed by atoms with Gasteiger partial charge in [0.05, 0.1) is 49.8 Å². The number of rotatable bonds is 8. The Morgan fingerprint density at radius 1 is 0.179 bits per heavy atom. The maximum atomic E-state index is 2.49. The van der Waals surface area contributed by atoms with E-state index < -0.39 is 0 Å². The summed E-state index contributed by atoms with van der Waals surface area (Å²) < 4.78 is 9.78. The van der Waals surface area contributed by atoms with Crippen molar-refractivity contribution in [2.75, 3.05) is 0 Å². The lowest BCUT2D eigenvalue weighted by atomic mass is 9.82. The van der Waals surface area contributed by atoms with Crippen LogP contribution < -0.4 is 0 Å². The van der Waals surface area contributed by atoms with Crippen molar-refractivity contribution < 1.29 is 0 Å². The molecular weight excluding hydrogens is 1280 g/mol. The van der Waals surface area contributed by atoms with E-state index in [-0.39, 0.29) is 10.8 Å². The molecule has 0 saturated heterocycles. The van der Waals surface area contributed by atoms with Crippen molar-refractivity contribution >= 4 is 87.2 Å². The monoisotopic (exact) mass is 1350 g/mol. The van der Waals surface area contributed by atoms with Crippen molar-refractivity contribution in [1.29, 1.82) is 0 Å². The number of benzene rings is 16. The third-order valence-electron chi connectivity index (χ3n) is 23.5. The van der Waals surface area contributed by atoms with Crippen molar-refractivity contribution in [3.05, 3.63) is 386 Å². The van der Waals surface area contributed by atoms with E-state index in [1.807, 2.05) is 0 Å². The quantitative estimate of drug-likeness (QED) is 0.144. The zero-order chi connectivity index (χ0) is 70.5. The highest BCUT2D eigenvalue weighted by Crippen LogP contribution is 2.53. The minimum Gasteiger partial charge on any atom is -0.309 e. The lowest BCUT2D eigenvalue weighted by Gasteiger charge is -2.22. The lowest BCUT2D eigenvalue weighted by molar-refractivity contribution is 0.660. The molecular formula is C102H72N4. The summed E-state index contributed by atoms with van der Waals surface area (Å²) in [7, 11) is 0. The molecule has 0 spiro atoms. The van der Waals surface area contributed by atoms with Crippen LogP contribution in [0.4, 0.5) is 0 Å². The number of para-hydroxylation sites is 4. The minimum atomic E-state index is -0.0566. The van der Waals surface area contributed by atoms with Gasteiger partial charge in [0.2, 0.25) is 0 Å². The van der Waals surface area contributed by atoms with Gasteiger partial charge in [-0.1, -0.05) is 289 Å². The van der Waals surface area contributed by atoms with Crippen LogP contribution in [-0.4, -0.2) is 18.3 Å². The molecule has 4 nitrogen and oxygen atoms in total. The molecule has 0 unspecified atom stereocenters. The molecule has 20 aromatic rings. The third-order valence-corrected chi connectivity index (χ3v) is 23.5. The van der Waals surface area contributed by atoms with Crippen molar-refractivity contribution in [2.45, 2.75) is 38.5 Å². The van der Waals surface area contributed by atoms with Crippen LogP contribution in [0.3, 0.4) is 0 Å².